The zero-order valence-corrected chi connectivity index (χ0v) is 9.49. The topological polar surface area (TPSA) is 45.2 Å². The molecule has 0 bridgehead atoms. The van der Waals surface area contributed by atoms with Crippen LogP contribution in [-0.4, -0.2) is 10.1 Å². The van der Waals surface area contributed by atoms with E-state index in [-0.39, 0.29) is 5.75 Å². The lowest BCUT2D eigenvalue weighted by molar-refractivity contribution is 0.300. The average molecular weight is 268 g/mol. The van der Waals surface area contributed by atoms with Gasteiger partial charge in [0.2, 0.25) is 0 Å². The van der Waals surface area contributed by atoms with E-state index in [2.05, 4.69) is 20.9 Å². The van der Waals surface area contributed by atoms with Crippen LogP contribution in [0.3, 0.4) is 0 Å². The van der Waals surface area contributed by atoms with Gasteiger partial charge in [0, 0.05) is 6.07 Å². The molecule has 0 fully saturated rings. The highest BCUT2D eigenvalue weighted by atomic mass is 79.9. The second kappa shape index (κ2) is 4.40. The van der Waals surface area contributed by atoms with Crippen molar-refractivity contribution in [2.24, 2.45) is 0 Å². The van der Waals surface area contributed by atoms with E-state index < -0.39 is 0 Å². The van der Waals surface area contributed by atoms with Crippen LogP contribution in [-0.2, 0) is 6.61 Å². The van der Waals surface area contributed by atoms with Gasteiger partial charge in [-0.3, -0.25) is 0 Å². The summed E-state index contributed by atoms with van der Waals surface area (Å²) in [6.07, 6.45) is 0. The van der Waals surface area contributed by atoms with Crippen LogP contribution < -0.4 is 4.74 Å². The molecule has 0 aliphatic carbocycles. The van der Waals surface area contributed by atoms with Crippen molar-refractivity contribution in [3.8, 4) is 11.5 Å². The van der Waals surface area contributed by atoms with Crippen molar-refractivity contribution in [2.45, 2.75) is 6.61 Å². The Kier molecular flexibility index (Phi) is 2.97. The maximum atomic E-state index is 9.22. The first-order valence-electron chi connectivity index (χ1n) is 4.49. The number of halogens is 1. The van der Waals surface area contributed by atoms with E-state index in [0.29, 0.717) is 12.4 Å². The van der Waals surface area contributed by atoms with Crippen LogP contribution in [0.15, 0.2) is 41.0 Å². The monoisotopic (exact) mass is 267 g/mol. The lowest BCUT2D eigenvalue weighted by Crippen LogP contribution is -1.95. The molecule has 0 amide bonds. The van der Waals surface area contributed by atoms with Crippen LogP contribution in [0, 0.1) is 0 Å². The summed E-state index contributed by atoms with van der Waals surface area (Å²) in [5.74, 6) is 0.862. The molecule has 15 heavy (non-hydrogen) atoms. The molecule has 0 saturated heterocycles. The zero-order chi connectivity index (χ0) is 10.7. The number of aromatic amines is 1. The molecule has 2 rings (SSSR count). The minimum Gasteiger partial charge on any atom is -0.508 e. The van der Waals surface area contributed by atoms with E-state index in [9.17, 15) is 5.11 Å². The smallest absolute Gasteiger partial charge is 0.128 e. The summed E-state index contributed by atoms with van der Waals surface area (Å²) in [4.78, 5) is 3.09. The number of phenols is 1. The summed E-state index contributed by atoms with van der Waals surface area (Å²) in [5, 5.41) is 9.22. The molecule has 0 radical (unpaired) electrons. The summed E-state index contributed by atoms with van der Waals surface area (Å²) in [6.45, 7) is 0.453. The van der Waals surface area contributed by atoms with Gasteiger partial charge in [0.15, 0.2) is 0 Å². The Balaban J connectivity index is 1.99. The molecule has 1 aromatic carbocycles. The van der Waals surface area contributed by atoms with Crippen LogP contribution in [0.1, 0.15) is 5.69 Å². The molecule has 1 aromatic heterocycles. The standard InChI is InChI=1S/C11H10BrNO2/c12-11-5-4-8(13-11)7-15-10-3-1-2-9(14)6-10/h1-6,13-14H,7H2. The van der Waals surface area contributed by atoms with Gasteiger partial charge < -0.3 is 14.8 Å². The molecular weight excluding hydrogens is 258 g/mol. The highest BCUT2D eigenvalue weighted by Gasteiger charge is 1.98. The van der Waals surface area contributed by atoms with Gasteiger partial charge in [-0.05, 0) is 40.2 Å². The van der Waals surface area contributed by atoms with Gasteiger partial charge in [-0.25, -0.2) is 0 Å². The third-order valence-corrected chi connectivity index (χ3v) is 2.39. The van der Waals surface area contributed by atoms with Gasteiger partial charge in [0.25, 0.3) is 0 Å². The van der Waals surface area contributed by atoms with Crippen molar-refractivity contribution in [1.29, 1.82) is 0 Å². The minimum absolute atomic E-state index is 0.208. The Hall–Kier alpha value is -1.42. The number of nitrogens with one attached hydrogen (secondary N) is 1. The van der Waals surface area contributed by atoms with Gasteiger partial charge in [0.1, 0.15) is 18.1 Å². The van der Waals surface area contributed by atoms with Gasteiger partial charge in [-0.1, -0.05) is 6.07 Å². The molecule has 78 valence electrons. The fourth-order valence-corrected chi connectivity index (χ4v) is 1.62. The summed E-state index contributed by atoms with van der Waals surface area (Å²) >= 11 is 3.32. The first kappa shape index (κ1) is 10.1. The number of H-pyrrole nitrogens is 1. The molecule has 1 heterocycles. The van der Waals surface area contributed by atoms with E-state index in [4.69, 9.17) is 4.74 Å². The Labute approximate surface area is 95.8 Å². The third-order valence-electron chi connectivity index (χ3n) is 1.92. The molecule has 0 aliphatic rings. The number of benzene rings is 1. The highest BCUT2D eigenvalue weighted by Crippen LogP contribution is 2.19. The molecular formula is C11H10BrNO2. The van der Waals surface area contributed by atoms with E-state index in [1.165, 1.54) is 0 Å². The number of aromatic hydroxyl groups is 1. The number of ether oxygens (including phenoxy) is 1. The predicted octanol–water partition coefficient (Wildman–Crippen LogP) is 3.06. The molecule has 0 aliphatic heterocycles. The van der Waals surface area contributed by atoms with Crippen molar-refractivity contribution in [3.63, 3.8) is 0 Å². The first-order chi connectivity index (χ1) is 7.24. The molecule has 2 N–H and O–H groups in total. The fourth-order valence-electron chi connectivity index (χ4n) is 1.23. The van der Waals surface area contributed by atoms with Crippen molar-refractivity contribution in [1.82, 2.24) is 4.98 Å². The third kappa shape index (κ3) is 2.76. The highest BCUT2D eigenvalue weighted by molar-refractivity contribution is 9.10. The molecule has 0 spiro atoms. The summed E-state index contributed by atoms with van der Waals surface area (Å²) in [5.41, 5.74) is 0.977. The van der Waals surface area contributed by atoms with Gasteiger partial charge >= 0.3 is 0 Å². The van der Waals surface area contributed by atoms with Gasteiger partial charge in [0.05, 0.1) is 10.3 Å². The second-order valence-electron chi connectivity index (χ2n) is 3.12. The fraction of sp³-hybridized carbons (Fsp3) is 0.0909. The molecule has 0 unspecified atom stereocenters. The summed E-state index contributed by atoms with van der Waals surface area (Å²) in [6, 6.07) is 10.6. The number of rotatable bonds is 3. The molecule has 4 heteroatoms. The average Bonchev–Trinajstić information content (AvgIpc) is 2.62. The van der Waals surface area contributed by atoms with Crippen molar-refractivity contribution in [2.75, 3.05) is 0 Å². The Morgan fingerprint density at radius 1 is 1.27 bits per heavy atom. The van der Waals surface area contributed by atoms with E-state index in [0.717, 1.165) is 10.3 Å². The van der Waals surface area contributed by atoms with Crippen LogP contribution >= 0.6 is 15.9 Å². The Morgan fingerprint density at radius 3 is 2.80 bits per heavy atom. The van der Waals surface area contributed by atoms with Gasteiger partial charge in [-0.2, -0.15) is 0 Å². The normalized spacial score (nSPS) is 10.2. The molecule has 3 nitrogen and oxygen atoms in total. The molecule has 2 aromatic rings. The van der Waals surface area contributed by atoms with Crippen LogP contribution in [0.4, 0.5) is 0 Å². The number of hydrogen-bond donors (Lipinski definition) is 2. The van der Waals surface area contributed by atoms with E-state index >= 15 is 0 Å². The Bertz CT molecular complexity index is 453. The van der Waals surface area contributed by atoms with Gasteiger partial charge in [-0.15, -0.1) is 0 Å². The lowest BCUT2D eigenvalue weighted by atomic mass is 10.3. The van der Waals surface area contributed by atoms with Crippen LogP contribution in [0.2, 0.25) is 0 Å². The summed E-state index contributed by atoms with van der Waals surface area (Å²) in [7, 11) is 0. The lowest BCUT2D eigenvalue weighted by Gasteiger charge is -2.04. The molecule has 0 saturated carbocycles. The number of hydrogen-bond acceptors (Lipinski definition) is 2. The SMILES string of the molecule is Oc1cccc(OCc2ccc(Br)[nH]2)c1. The number of aromatic nitrogens is 1. The zero-order valence-electron chi connectivity index (χ0n) is 7.90. The Morgan fingerprint density at radius 2 is 2.13 bits per heavy atom. The van der Waals surface area contributed by atoms with Crippen LogP contribution in [0.25, 0.3) is 0 Å². The minimum atomic E-state index is 0.208. The number of phenolic OH excluding ortho intramolecular Hbond substituents is 1. The van der Waals surface area contributed by atoms with Crippen molar-refractivity contribution < 1.29 is 9.84 Å². The maximum absolute atomic E-state index is 9.22. The predicted molar refractivity (Wildman–Crippen MR) is 60.9 cm³/mol. The second-order valence-corrected chi connectivity index (χ2v) is 3.97. The van der Waals surface area contributed by atoms with E-state index in [1.807, 2.05) is 12.1 Å². The van der Waals surface area contributed by atoms with E-state index in [1.54, 1.807) is 24.3 Å². The maximum Gasteiger partial charge on any atom is 0.128 e. The van der Waals surface area contributed by atoms with Crippen LogP contribution in [0.5, 0.6) is 11.5 Å². The quantitative estimate of drug-likeness (QED) is 0.898. The largest absolute Gasteiger partial charge is 0.508 e. The molecule has 0 atom stereocenters. The van der Waals surface area contributed by atoms with Crippen molar-refractivity contribution in [3.05, 3.63) is 46.7 Å². The first-order valence-corrected chi connectivity index (χ1v) is 5.28. The van der Waals surface area contributed by atoms with Crippen molar-refractivity contribution >= 4 is 15.9 Å². The summed E-state index contributed by atoms with van der Waals surface area (Å²) < 4.78 is 6.40.